The summed E-state index contributed by atoms with van der Waals surface area (Å²) in [5.41, 5.74) is 2.66. The van der Waals surface area contributed by atoms with E-state index in [1.807, 2.05) is 66.7 Å². The molecule has 0 aliphatic carbocycles. The van der Waals surface area contributed by atoms with Crippen molar-refractivity contribution in [1.29, 1.82) is 0 Å². The van der Waals surface area contributed by atoms with E-state index in [0.717, 1.165) is 25.7 Å². The van der Waals surface area contributed by atoms with E-state index >= 15 is 0 Å². The second-order valence-corrected chi connectivity index (χ2v) is 7.33. The van der Waals surface area contributed by atoms with Gasteiger partial charge in [-0.25, -0.2) is 0 Å². The van der Waals surface area contributed by atoms with Gasteiger partial charge in [0.25, 0.3) is 5.91 Å². The van der Waals surface area contributed by atoms with E-state index in [-0.39, 0.29) is 5.91 Å². The van der Waals surface area contributed by atoms with Crippen molar-refractivity contribution >= 4 is 40.7 Å². The molecule has 0 bridgehead atoms. The predicted octanol–water partition coefficient (Wildman–Crippen LogP) is 4.35. The molecule has 0 atom stereocenters. The van der Waals surface area contributed by atoms with Gasteiger partial charge in [0.05, 0.1) is 17.0 Å². The van der Waals surface area contributed by atoms with Crippen molar-refractivity contribution in [3.63, 3.8) is 0 Å². The molecule has 4 rings (SSSR count). The number of nitrogens with one attached hydrogen (secondary N) is 1. The van der Waals surface area contributed by atoms with Crippen LogP contribution in [0.15, 0.2) is 76.7 Å². The summed E-state index contributed by atoms with van der Waals surface area (Å²) in [7, 11) is 1.61. The average Bonchev–Trinajstić information content (AvgIpc) is 3.08. The van der Waals surface area contributed by atoms with Crippen LogP contribution in [-0.4, -0.2) is 33.1 Å². The van der Waals surface area contributed by atoms with Gasteiger partial charge in [-0.3, -0.25) is 9.78 Å². The summed E-state index contributed by atoms with van der Waals surface area (Å²) in [5.74, 6) is -0.136. The van der Waals surface area contributed by atoms with Gasteiger partial charge in [-0.15, -0.1) is 9.94 Å². The maximum atomic E-state index is 12.1. The van der Waals surface area contributed by atoms with Crippen LogP contribution in [0.1, 0.15) is 21.7 Å². The standard InChI is InChI=1S/C22H18N4O2S/c1-23-22(27)18-7-2-3-8-21(18)29-16-10-11-17-19(25-26(28)20(17)14-16)12-9-15-6-4-5-13-24-15/h2-14,28H,1H3,(H,23,27)/b12-9+. The molecular formula is C22H18N4O2S. The van der Waals surface area contributed by atoms with Gasteiger partial charge in [0, 0.05) is 28.4 Å². The maximum absolute atomic E-state index is 12.1. The van der Waals surface area contributed by atoms with Crippen LogP contribution in [0, 0.1) is 0 Å². The van der Waals surface area contributed by atoms with Gasteiger partial charge in [-0.05, 0) is 54.6 Å². The van der Waals surface area contributed by atoms with Gasteiger partial charge in [-0.1, -0.05) is 30.0 Å². The maximum Gasteiger partial charge on any atom is 0.252 e. The van der Waals surface area contributed by atoms with E-state index in [9.17, 15) is 10.0 Å². The fourth-order valence-electron chi connectivity index (χ4n) is 2.93. The van der Waals surface area contributed by atoms with E-state index < -0.39 is 0 Å². The molecule has 2 aromatic carbocycles. The Kier molecular flexibility index (Phi) is 5.31. The minimum absolute atomic E-state index is 0.136. The quantitative estimate of drug-likeness (QED) is 0.485. The van der Waals surface area contributed by atoms with Gasteiger partial charge in [0.1, 0.15) is 5.52 Å². The molecule has 1 amide bonds. The van der Waals surface area contributed by atoms with E-state index in [1.165, 1.54) is 11.8 Å². The molecule has 144 valence electrons. The normalized spacial score (nSPS) is 11.2. The minimum atomic E-state index is -0.136. The molecule has 0 saturated carbocycles. The number of fused-ring (bicyclic) bond motifs is 1. The van der Waals surface area contributed by atoms with Crippen LogP contribution >= 0.6 is 11.8 Å². The lowest BCUT2D eigenvalue weighted by Crippen LogP contribution is -2.18. The predicted molar refractivity (Wildman–Crippen MR) is 114 cm³/mol. The second-order valence-electron chi connectivity index (χ2n) is 6.22. The molecule has 4 aromatic rings. The summed E-state index contributed by atoms with van der Waals surface area (Å²) < 4.78 is 0. The van der Waals surface area contributed by atoms with Gasteiger partial charge in [0.2, 0.25) is 0 Å². The lowest BCUT2D eigenvalue weighted by atomic mass is 10.2. The number of hydrogen-bond acceptors (Lipinski definition) is 5. The number of nitrogens with zero attached hydrogens (tertiary/aromatic N) is 3. The Balaban J connectivity index is 1.65. The molecule has 7 heteroatoms. The highest BCUT2D eigenvalue weighted by Gasteiger charge is 2.13. The first-order valence-corrected chi connectivity index (χ1v) is 9.77. The molecule has 0 aliphatic heterocycles. The van der Waals surface area contributed by atoms with Crippen molar-refractivity contribution in [2.75, 3.05) is 7.05 Å². The van der Waals surface area contributed by atoms with Crippen molar-refractivity contribution in [2.24, 2.45) is 0 Å². The van der Waals surface area contributed by atoms with Crippen molar-refractivity contribution in [3.8, 4) is 0 Å². The Labute approximate surface area is 171 Å². The lowest BCUT2D eigenvalue weighted by Gasteiger charge is -2.08. The molecule has 29 heavy (non-hydrogen) atoms. The summed E-state index contributed by atoms with van der Waals surface area (Å²) in [4.78, 5) is 19.0. The number of aromatic nitrogens is 3. The van der Waals surface area contributed by atoms with Crippen LogP contribution in [0.4, 0.5) is 0 Å². The summed E-state index contributed by atoms with van der Waals surface area (Å²) in [6.45, 7) is 0. The highest BCUT2D eigenvalue weighted by molar-refractivity contribution is 7.99. The molecule has 0 unspecified atom stereocenters. The molecule has 2 aromatic heterocycles. The van der Waals surface area contributed by atoms with Crippen molar-refractivity contribution in [2.45, 2.75) is 9.79 Å². The van der Waals surface area contributed by atoms with Gasteiger partial charge >= 0.3 is 0 Å². The van der Waals surface area contributed by atoms with Crippen LogP contribution < -0.4 is 5.32 Å². The van der Waals surface area contributed by atoms with Crippen LogP contribution in [-0.2, 0) is 0 Å². The van der Waals surface area contributed by atoms with Gasteiger partial charge in [-0.2, -0.15) is 0 Å². The Morgan fingerprint density at radius 1 is 1.10 bits per heavy atom. The molecule has 0 saturated heterocycles. The summed E-state index contributed by atoms with van der Waals surface area (Å²) in [6, 6.07) is 18.8. The van der Waals surface area contributed by atoms with E-state index in [0.29, 0.717) is 16.8 Å². The SMILES string of the molecule is CNC(=O)c1ccccc1Sc1ccc2c(/C=C/c3ccccn3)nn(O)c2c1. The number of carbonyl (C=O) groups excluding carboxylic acids is 1. The summed E-state index contributed by atoms with van der Waals surface area (Å²) >= 11 is 1.46. The number of benzene rings is 2. The summed E-state index contributed by atoms with van der Waals surface area (Å²) in [6.07, 6.45) is 5.40. The molecule has 0 spiro atoms. The smallest absolute Gasteiger partial charge is 0.252 e. The molecule has 0 aliphatic rings. The molecule has 0 fully saturated rings. The zero-order chi connectivity index (χ0) is 20.2. The largest absolute Gasteiger partial charge is 0.411 e. The topological polar surface area (TPSA) is 80.0 Å². The minimum Gasteiger partial charge on any atom is -0.411 e. The Hall–Kier alpha value is -3.58. The fourth-order valence-corrected chi connectivity index (χ4v) is 3.91. The molecular weight excluding hydrogens is 384 g/mol. The zero-order valence-corrected chi connectivity index (χ0v) is 16.4. The van der Waals surface area contributed by atoms with Crippen molar-refractivity contribution in [1.82, 2.24) is 20.2 Å². The van der Waals surface area contributed by atoms with E-state index in [1.54, 1.807) is 19.3 Å². The first kappa shape index (κ1) is 18.8. The van der Waals surface area contributed by atoms with Crippen LogP contribution in [0.25, 0.3) is 23.1 Å². The highest BCUT2D eigenvalue weighted by Crippen LogP contribution is 2.33. The second kappa shape index (κ2) is 8.20. The molecule has 2 N–H and O–H groups in total. The first-order chi connectivity index (χ1) is 14.2. The Bertz CT molecular complexity index is 1200. The highest BCUT2D eigenvalue weighted by atomic mass is 32.2. The molecule has 6 nitrogen and oxygen atoms in total. The fraction of sp³-hybridized carbons (Fsp3) is 0.0455. The third-order valence-corrected chi connectivity index (χ3v) is 5.41. The average molecular weight is 402 g/mol. The van der Waals surface area contributed by atoms with Gasteiger partial charge in [0.15, 0.2) is 0 Å². The summed E-state index contributed by atoms with van der Waals surface area (Å²) in [5, 5.41) is 17.9. The number of pyridine rings is 1. The number of carbonyl (C=O) groups is 1. The zero-order valence-electron chi connectivity index (χ0n) is 15.6. The van der Waals surface area contributed by atoms with Crippen LogP contribution in [0.3, 0.4) is 0 Å². The van der Waals surface area contributed by atoms with E-state index in [2.05, 4.69) is 15.4 Å². The Morgan fingerprint density at radius 2 is 1.93 bits per heavy atom. The first-order valence-electron chi connectivity index (χ1n) is 8.96. The van der Waals surface area contributed by atoms with Crippen LogP contribution in [0.5, 0.6) is 0 Å². The third kappa shape index (κ3) is 4.00. The number of amides is 1. The van der Waals surface area contributed by atoms with Crippen LogP contribution in [0.2, 0.25) is 0 Å². The van der Waals surface area contributed by atoms with Crippen molar-refractivity contribution < 1.29 is 10.0 Å². The lowest BCUT2D eigenvalue weighted by molar-refractivity contribution is 0.0960. The van der Waals surface area contributed by atoms with E-state index in [4.69, 9.17) is 0 Å². The van der Waals surface area contributed by atoms with Crippen molar-refractivity contribution in [3.05, 3.63) is 83.8 Å². The molecule has 2 heterocycles. The molecule has 0 radical (unpaired) electrons. The Morgan fingerprint density at radius 3 is 2.72 bits per heavy atom. The number of hydrogen-bond donors (Lipinski definition) is 2. The number of rotatable bonds is 5. The monoisotopic (exact) mass is 402 g/mol. The third-order valence-electron chi connectivity index (χ3n) is 4.35. The van der Waals surface area contributed by atoms with Gasteiger partial charge < -0.3 is 10.5 Å².